The fraction of sp³-hybridized carbons (Fsp3) is 1.00. The molecule has 3 nitrogen and oxygen atoms in total. The molecule has 1 N–H and O–H groups in total. The van der Waals surface area contributed by atoms with E-state index in [0.29, 0.717) is 11.5 Å². The van der Waals surface area contributed by atoms with Gasteiger partial charge in [-0.3, -0.25) is 0 Å². The van der Waals surface area contributed by atoms with Crippen LogP contribution in [0.3, 0.4) is 0 Å². The zero-order valence-electron chi connectivity index (χ0n) is 16.3. The molecule has 1 unspecified atom stereocenters. The molecule has 1 heterocycles. The van der Waals surface area contributed by atoms with E-state index in [1.165, 1.54) is 19.3 Å². The molecule has 2 rings (SSSR count). The van der Waals surface area contributed by atoms with Crippen LogP contribution in [-0.4, -0.2) is 31.1 Å². The molecular formula is C20H39NO2. The lowest BCUT2D eigenvalue weighted by atomic mass is 9.66. The van der Waals surface area contributed by atoms with Crippen molar-refractivity contribution < 1.29 is 9.47 Å². The largest absolute Gasteiger partial charge is 0.347 e. The third-order valence-electron chi connectivity index (χ3n) is 5.72. The summed E-state index contributed by atoms with van der Waals surface area (Å²) in [6, 6.07) is 0.546. The van der Waals surface area contributed by atoms with Crippen LogP contribution in [0.2, 0.25) is 0 Å². The average molecular weight is 326 g/mol. The van der Waals surface area contributed by atoms with Crippen molar-refractivity contribution in [2.75, 3.05) is 13.2 Å². The summed E-state index contributed by atoms with van der Waals surface area (Å²) in [5, 5.41) is 3.47. The van der Waals surface area contributed by atoms with E-state index in [2.05, 4.69) is 46.9 Å². The maximum atomic E-state index is 6.35. The second-order valence-corrected chi connectivity index (χ2v) is 9.22. The Morgan fingerprint density at radius 2 is 1.78 bits per heavy atom. The lowest BCUT2D eigenvalue weighted by molar-refractivity contribution is -0.197. The molecule has 2 fully saturated rings. The van der Waals surface area contributed by atoms with Crippen LogP contribution in [0, 0.1) is 17.3 Å². The molecule has 136 valence electrons. The highest BCUT2D eigenvalue weighted by Crippen LogP contribution is 2.48. The van der Waals surface area contributed by atoms with Gasteiger partial charge in [-0.25, -0.2) is 0 Å². The van der Waals surface area contributed by atoms with Gasteiger partial charge in [-0.2, -0.15) is 0 Å². The Kier molecular flexibility index (Phi) is 6.55. The van der Waals surface area contributed by atoms with E-state index in [0.717, 1.165) is 44.2 Å². The molecule has 0 radical (unpaired) electrons. The Morgan fingerprint density at radius 3 is 2.35 bits per heavy atom. The molecular weight excluding hydrogens is 286 g/mol. The third kappa shape index (κ3) is 5.44. The van der Waals surface area contributed by atoms with Crippen LogP contribution in [0.1, 0.15) is 80.1 Å². The molecule has 0 aromatic carbocycles. The van der Waals surface area contributed by atoms with E-state index in [1.807, 2.05) is 0 Å². The minimum atomic E-state index is -0.257. The Morgan fingerprint density at radius 1 is 1.13 bits per heavy atom. The summed E-state index contributed by atoms with van der Waals surface area (Å²) in [4.78, 5) is 0. The molecule has 0 aromatic rings. The summed E-state index contributed by atoms with van der Waals surface area (Å²) in [5.41, 5.74) is 0.439. The summed E-state index contributed by atoms with van der Waals surface area (Å²) < 4.78 is 12.5. The highest BCUT2D eigenvalue weighted by Gasteiger charge is 2.46. The smallest absolute Gasteiger partial charge is 0.168 e. The van der Waals surface area contributed by atoms with Gasteiger partial charge in [0.05, 0.1) is 12.7 Å². The van der Waals surface area contributed by atoms with Crippen LogP contribution >= 0.6 is 0 Å². The molecule has 1 atom stereocenters. The topological polar surface area (TPSA) is 30.5 Å². The van der Waals surface area contributed by atoms with Crippen molar-refractivity contribution in [3.63, 3.8) is 0 Å². The molecule has 2 aliphatic rings. The van der Waals surface area contributed by atoms with Gasteiger partial charge in [0.15, 0.2) is 5.79 Å². The number of hydrogen-bond acceptors (Lipinski definition) is 3. The molecule has 0 bridgehead atoms. The van der Waals surface area contributed by atoms with Crippen LogP contribution in [0.25, 0.3) is 0 Å². The molecule has 23 heavy (non-hydrogen) atoms. The van der Waals surface area contributed by atoms with Crippen molar-refractivity contribution in [3.05, 3.63) is 0 Å². The minimum Gasteiger partial charge on any atom is -0.347 e. The first-order valence-electron chi connectivity index (χ1n) is 9.77. The van der Waals surface area contributed by atoms with Crippen molar-refractivity contribution in [3.8, 4) is 0 Å². The zero-order chi connectivity index (χ0) is 17.1. The number of ether oxygens (including phenoxy) is 2. The molecule has 1 spiro atoms. The van der Waals surface area contributed by atoms with Crippen LogP contribution in [0.15, 0.2) is 0 Å². The van der Waals surface area contributed by atoms with E-state index in [-0.39, 0.29) is 11.9 Å². The van der Waals surface area contributed by atoms with Gasteiger partial charge in [-0.1, -0.05) is 41.5 Å². The van der Waals surface area contributed by atoms with E-state index in [9.17, 15) is 0 Å². The zero-order valence-corrected chi connectivity index (χ0v) is 16.3. The second-order valence-electron chi connectivity index (χ2n) is 9.22. The minimum absolute atomic E-state index is 0.257. The lowest BCUT2D eigenvalue weighted by Gasteiger charge is -2.43. The molecule has 1 saturated carbocycles. The standard InChI is InChI=1S/C20H39NO2/c1-15(2)13-19(5,6)17-7-10-20(11-8-17)22-14-18(23-20)9-12-21-16(3)4/h15-18,21H,7-14H2,1-6H3. The SMILES string of the molecule is CC(C)CC(C)(C)C1CCC2(CC1)OCC(CCNC(C)C)O2. The summed E-state index contributed by atoms with van der Waals surface area (Å²) in [7, 11) is 0. The van der Waals surface area contributed by atoms with Crippen LogP contribution < -0.4 is 5.32 Å². The van der Waals surface area contributed by atoms with E-state index >= 15 is 0 Å². The summed E-state index contributed by atoms with van der Waals surface area (Å²) >= 11 is 0. The maximum Gasteiger partial charge on any atom is 0.168 e. The number of nitrogens with one attached hydrogen (secondary N) is 1. The highest BCUT2D eigenvalue weighted by molar-refractivity contribution is 4.90. The van der Waals surface area contributed by atoms with Crippen LogP contribution in [0.5, 0.6) is 0 Å². The van der Waals surface area contributed by atoms with Crippen molar-refractivity contribution in [1.82, 2.24) is 5.32 Å². The van der Waals surface area contributed by atoms with Crippen LogP contribution in [0.4, 0.5) is 0 Å². The van der Waals surface area contributed by atoms with Crippen molar-refractivity contribution in [2.45, 2.75) is 98.0 Å². The van der Waals surface area contributed by atoms with Crippen LogP contribution in [-0.2, 0) is 9.47 Å². The van der Waals surface area contributed by atoms with Crippen molar-refractivity contribution in [1.29, 1.82) is 0 Å². The van der Waals surface area contributed by atoms with E-state index in [1.54, 1.807) is 0 Å². The monoisotopic (exact) mass is 325 g/mol. The van der Waals surface area contributed by atoms with E-state index in [4.69, 9.17) is 9.47 Å². The predicted molar refractivity (Wildman–Crippen MR) is 96.5 cm³/mol. The number of rotatable bonds is 7. The van der Waals surface area contributed by atoms with Gasteiger partial charge in [-0.15, -0.1) is 0 Å². The van der Waals surface area contributed by atoms with Gasteiger partial charge in [0.1, 0.15) is 0 Å². The Balaban J connectivity index is 1.78. The first-order valence-corrected chi connectivity index (χ1v) is 9.77. The Labute approximate surface area is 143 Å². The van der Waals surface area contributed by atoms with Gasteiger partial charge >= 0.3 is 0 Å². The maximum absolute atomic E-state index is 6.35. The average Bonchev–Trinajstić information content (AvgIpc) is 2.80. The van der Waals surface area contributed by atoms with Gasteiger partial charge in [-0.05, 0) is 49.5 Å². The fourth-order valence-electron chi connectivity index (χ4n) is 4.61. The molecule has 1 aliphatic carbocycles. The highest BCUT2D eigenvalue weighted by atomic mass is 16.7. The fourth-order valence-corrected chi connectivity index (χ4v) is 4.61. The molecule has 1 saturated heterocycles. The summed E-state index contributed by atoms with van der Waals surface area (Å²) in [6.45, 7) is 15.8. The lowest BCUT2D eigenvalue weighted by Crippen LogP contribution is -2.40. The number of hydrogen-bond donors (Lipinski definition) is 1. The summed E-state index contributed by atoms with van der Waals surface area (Å²) in [5.74, 6) is 1.33. The van der Waals surface area contributed by atoms with Gasteiger partial charge < -0.3 is 14.8 Å². The predicted octanol–water partition coefficient (Wildman–Crippen LogP) is 4.75. The molecule has 3 heteroatoms. The molecule has 1 aliphatic heterocycles. The molecule has 0 aromatic heterocycles. The van der Waals surface area contributed by atoms with Crippen molar-refractivity contribution >= 4 is 0 Å². The molecule has 0 amide bonds. The van der Waals surface area contributed by atoms with Gasteiger partial charge in [0, 0.05) is 18.9 Å². The third-order valence-corrected chi connectivity index (χ3v) is 5.72. The first-order chi connectivity index (χ1) is 10.7. The van der Waals surface area contributed by atoms with E-state index < -0.39 is 0 Å². The van der Waals surface area contributed by atoms with Gasteiger partial charge in [0.25, 0.3) is 0 Å². The van der Waals surface area contributed by atoms with Gasteiger partial charge in [0.2, 0.25) is 0 Å². The normalized spacial score (nSPS) is 32.3. The Bertz CT molecular complexity index is 357. The van der Waals surface area contributed by atoms with Crippen molar-refractivity contribution in [2.24, 2.45) is 17.3 Å². The second kappa shape index (κ2) is 7.84. The quantitative estimate of drug-likeness (QED) is 0.733. The first kappa shape index (κ1) is 19.2. The summed E-state index contributed by atoms with van der Waals surface area (Å²) in [6.07, 6.45) is 7.30. The Hall–Kier alpha value is -0.120.